The monoisotopic (exact) mass is 378 g/mol. The zero-order valence-electron chi connectivity index (χ0n) is 15.0. The molecule has 3 aromatic rings. The Morgan fingerprint density at radius 2 is 1.86 bits per heavy atom. The Morgan fingerprint density at radius 1 is 1.07 bits per heavy atom. The molecule has 0 unspecified atom stereocenters. The Labute approximate surface area is 161 Å². The molecule has 0 amide bonds. The van der Waals surface area contributed by atoms with Crippen LogP contribution in [0.1, 0.15) is 27.6 Å². The molecule has 0 fully saturated rings. The van der Waals surface area contributed by atoms with Gasteiger partial charge in [-0.3, -0.25) is 0 Å². The molecule has 2 atom stereocenters. The third-order valence-corrected chi connectivity index (χ3v) is 5.10. The lowest BCUT2D eigenvalue weighted by Crippen LogP contribution is -2.27. The molecule has 0 bridgehead atoms. The van der Waals surface area contributed by atoms with Crippen molar-refractivity contribution in [2.75, 3.05) is 6.61 Å². The van der Waals surface area contributed by atoms with Crippen molar-refractivity contribution in [2.24, 2.45) is 5.92 Å². The highest BCUT2D eigenvalue weighted by molar-refractivity contribution is 5.96. The Bertz CT molecular complexity index is 1020. The highest BCUT2D eigenvalue weighted by Crippen LogP contribution is 2.39. The van der Waals surface area contributed by atoms with Gasteiger partial charge in [-0.25, -0.2) is 9.18 Å². The Morgan fingerprint density at radius 3 is 2.61 bits per heavy atom. The molecule has 142 valence electrons. The Kier molecular flexibility index (Phi) is 4.84. The van der Waals surface area contributed by atoms with Gasteiger partial charge in [0.1, 0.15) is 11.6 Å². The highest BCUT2D eigenvalue weighted by Gasteiger charge is 2.30. The molecule has 4 nitrogen and oxygen atoms in total. The van der Waals surface area contributed by atoms with E-state index in [1.165, 1.54) is 12.1 Å². The standard InChI is InChI=1S/C23H19FO4/c24-17-7-9-18(20(12-17)23(26)27)15-6-8-19-21(11-15)28-13-16(22(19)25)10-14-4-2-1-3-5-14/h1-9,11-12,16,22,25H,10,13H2,(H,26,27)/t16-,22+/m0/s1. The van der Waals surface area contributed by atoms with Gasteiger partial charge in [0, 0.05) is 11.5 Å². The van der Waals surface area contributed by atoms with Gasteiger partial charge in [0.05, 0.1) is 18.3 Å². The lowest BCUT2D eigenvalue weighted by molar-refractivity contribution is 0.0508. The largest absolute Gasteiger partial charge is 0.493 e. The summed E-state index contributed by atoms with van der Waals surface area (Å²) in [5.74, 6) is -1.35. The number of halogens is 1. The molecule has 5 heteroatoms. The normalized spacial score (nSPS) is 18.2. The number of ether oxygens (including phenoxy) is 1. The molecule has 28 heavy (non-hydrogen) atoms. The fraction of sp³-hybridized carbons (Fsp3) is 0.174. The molecule has 0 saturated heterocycles. The van der Waals surface area contributed by atoms with Crippen LogP contribution < -0.4 is 4.74 Å². The number of aliphatic hydroxyl groups excluding tert-OH is 1. The van der Waals surface area contributed by atoms with Gasteiger partial charge in [0.15, 0.2) is 0 Å². The summed E-state index contributed by atoms with van der Waals surface area (Å²) in [6.45, 7) is 0.363. The molecule has 0 spiro atoms. The first-order valence-corrected chi connectivity index (χ1v) is 9.05. The molecule has 2 N–H and O–H groups in total. The second-order valence-corrected chi connectivity index (χ2v) is 6.95. The van der Waals surface area contributed by atoms with Crippen LogP contribution in [0.5, 0.6) is 5.75 Å². The number of hydrogen-bond acceptors (Lipinski definition) is 3. The summed E-state index contributed by atoms with van der Waals surface area (Å²) in [6, 6.07) is 18.8. The number of hydrogen-bond donors (Lipinski definition) is 2. The van der Waals surface area contributed by atoms with Crippen LogP contribution in [0.3, 0.4) is 0 Å². The molecule has 1 heterocycles. The Balaban J connectivity index is 1.64. The first-order valence-electron chi connectivity index (χ1n) is 9.05. The van der Waals surface area contributed by atoms with Crippen molar-refractivity contribution in [1.29, 1.82) is 0 Å². The maximum absolute atomic E-state index is 13.4. The molecule has 0 aromatic heterocycles. The summed E-state index contributed by atoms with van der Waals surface area (Å²) in [5, 5.41) is 20.2. The van der Waals surface area contributed by atoms with Crippen LogP contribution in [0.25, 0.3) is 11.1 Å². The van der Waals surface area contributed by atoms with Gasteiger partial charge in [0.2, 0.25) is 0 Å². The van der Waals surface area contributed by atoms with Crippen molar-refractivity contribution in [3.8, 4) is 16.9 Å². The molecule has 4 rings (SSSR count). The smallest absolute Gasteiger partial charge is 0.336 e. The van der Waals surface area contributed by atoms with Crippen LogP contribution in [0.2, 0.25) is 0 Å². The SMILES string of the molecule is O=C(O)c1cc(F)ccc1-c1ccc2c(c1)OC[C@H](Cc1ccccc1)[C@H]2O. The lowest BCUT2D eigenvalue weighted by atomic mass is 9.87. The van der Waals surface area contributed by atoms with Gasteiger partial charge >= 0.3 is 5.97 Å². The van der Waals surface area contributed by atoms with E-state index >= 15 is 0 Å². The van der Waals surface area contributed by atoms with Gasteiger partial charge in [0.25, 0.3) is 0 Å². The van der Waals surface area contributed by atoms with Gasteiger partial charge < -0.3 is 14.9 Å². The van der Waals surface area contributed by atoms with E-state index in [0.29, 0.717) is 35.5 Å². The Hall–Kier alpha value is -3.18. The van der Waals surface area contributed by atoms with E-state index in [-0.39, 0.29) is 11.5 Å². The topological polar surface area (TPSA) is 66.8 Å². The average Bonchev–Trinajstić information content (AvgIpc) is 2.70. The predicted molar refractivity (Wildman–Crippen MR) is 103 cm³/mol. The second kappa shape index (κ2) is 7.44. The van der Waals surface area contributed by atoms with E-state index in [1.54, 1.807) is 18.2 Å². The van der Waals surface area contributed by atoms with E-state index < -0.39 is 17.9 Å². The number of carboxylic acids is 1. The number of aliphatic hydroxyl groups is 1. The molecular weight excluding hydrogens is 359 g/mol. The number of rotatable bonds is 4. The highest BCUT2D eigenvalue weighted by atomic mass is 19.1. The van der Waals surface area contributed by atoms with Gasteiger partial charge in [-0.15, -0.1) is 0 Å². The van der Waals surface area contributed by atoms with Crippen molar-refractivity contribution in [3.05, 3.63) is 89.2 Å². The van der Waals surface area contributed by atoms with Crippen LogP contribution >= 0.6 is 0 Å². The summed E-state index contributed by atoms with van der Waals surface area (Å²) >= 11 is 0. The summed E-state index contributed by atoms with van der Waals surface area (Å²) in [6.07, 6.45) is 0.0230. The first-order chi connectivity index (χ1) is 13.5. The van der Waals surface area contributed by atoms with Crippen molar-refractivity contribution in [2.45, 2.75) is 12.5 Å². The summed E-state index contributed by atoms with van der Waals surface area (Å²) in [4.78, 5) is 11.5. The summed E-state index contributed by atoms with van der Waals surface area (Å²) in [7, 11) is 0. The fourth-order valence-corrected chi connectivity index (χ4v) is 3.65. The maximum Gasteiger partial charge on any atom is 0.336 e. The average molecular weight is 378 g/mol. The van der Waals surface area contributed by atoms with E-state index in [0.717, 1.165) is 11.6 Å². The molecule has 1 aliphatic heterocycles. The van der Waals surface area contributed by atoms with E-state index in [9.17, 15) is 19.4 Å². The van der Waals surface area contributed by atoms with Crippen LogP contribution in [-0.2, 0) is 6.42 Å². The number of carboxylic acid groups (broad SMARTS) is 1. The van der Waals surface area contributed by atoms with E-state index in [1.807, 2.05) is 30.3 Å². The third-order valence-electron chi connectivity index (χ3n) is 5.10. The van der Waals surface area contributed by atoms with Crippen molar-refractivity contribution in [1.82, 2.24) is 0 Å². The lowest BCUT2D eigenvalue weighted by Gasteiger charge is -2.31. The number of aromatic carboxylic acids is 1. The zero-order valence-corrected chi connectivity index (χ0v) is 15.0. The predicted octanol–water partition coefficient (Wildman–Crippen LogP) is 4.48. The van der Waals surface area contributed by atoms with E-state index in [2.05, 4.69) is 0 Å². The van der Waals surface area contributed by atoms with Crippen LogP contribution in [0, 0.1) is 11.7 Å². The summed E-state index contributed by atoms with van der Waals surface area (Å²) in [5.41, 5.74) is 2.70. The molecule has 3 aromatic carbocycles. The van der Waals surface area contributed by atoms with Crippen molar-refractivity contribution in [3.63, 3.8) is 0 Å². The van der Waals surface area contributed by atoms with Gasteiger partial charge in [-0.1, -0.05) is 48.5 Å². The number of benzene rings is 3. The fourth-order valence-electron chi connectivity index (χ4n) is 3.65. The first kappa shape index (κ1) is 18.2. The second-order valence-electron chi connectivity index (χ2n) is 6.95. The summed E-state index contributed by atoms with van der Waals surface area (Å²) < 4.78 is 19.3. The molecular formula is C23H19FO4. The minimum atomic E-state index is -1.20. The van der Waals surface area contributed by atoms with Gasteiger partial charge in [-0.2, -0.15) is 0 Å². The minimum Gasteiger partial charge on any atom is -0.493 e. The van der Waals surface area contributed by atoms with Crippen molar-refractivity contribution < 1.29 is 24.1 Å². The third kappa shape index (κ3) is 3.49. The quantitative estimate of drug-likeness (QED) is 0.703. The number of carbonyl (C=O) groups is 1. The van der Waals surface area contributed by atoms with Crippen molar-refractivity contribution >= 4 is 5.97 Å². The zero-order chi connectivity index (χ0) is 19.7. The van der Waals surface area contributed by atoms with E-state index in [4.69, 9.17) is 4.74 Å². The maximum atomic E-state index is 13.4. The van der Waals surface area contributed by atoms with Crippen LogP contribution in [-0.4, -0.2) is 22.8 Å². The minimum absolute atomic E-state index is 0.0684. The molecule has 0 radical (unpaired) electrons. The van der Waals surface area contributed by atoms with Crippen LogP contribution in [0.4, 0.5) is 4.39 Å². The number of fused-ring (bicyclic) bond motifs is 1. The van der Waals surface area contributed by atoms with Crippen LogP contribution in [0.15, 0.2) is 66.7 Å². The molecule has 0 aliphatic carbocycles. The molecule has 0 saturated carbocycles. The molecule has 1 aliphatic rings. The van der Waals surface area contributed by atoms with Gasteiger partial charge in [-0.05, 0) is 41.3 Å².